The van der Waals surface area contributed by atoms with Crippen molar-refractivity contribution in [2.45, 2.75) is 32.5 Å². The molecule has 0 saturated carbocycles. The van der Waals surface area contributed by atoms with E-state index in [1.165, 1.54) is 18.3 Å². The van der Waals surface area contributed by atoms with Crippen LogP contribution in [0.1, 0.15) is 19.6 Å². The Bertz CT molecular complexity index is 757. The predicted octanol–water partition coefficient (Wildman–Crippen LogP) is 1.35. The van der Waals surface area contributed by atoms with Gasteiger partial charge in [0.1, 0.15) is 17.5 Å². The molecule has 0 radical (unpaired) electrons. The number of ether oxygens (including phenoxy) is 1. The number of nitrogens with zero attached hydrogens (tertiary/aromatic N) is 1. The molecule has 1 saturated heterocycles. The van der Waals surface area contributed by atoms with Crippen LogP contribution < -0.4 is 16.0 Å². The molecule has 2 amide bonds. The third-order valence-corrected chi connectivity index (χ3v) is 4.52. The van der Waals surface area contributed by atoms with Crippen molar-refractivity contribution in [3.05, 3.63) is 23.3 Å². The van der Waals surface area contributed by atoms with E-state index in [9.17, 15) is 9.59 Å². The van der Waals surface area contributed by atoms with E-state index in [1.807, 2.05) is 12.3 Å². The molecule has 0 aliphatic carbocycles. The van der Waals surface area contributed by atoms with Crippen LogP contribution in [0.4, 0.5) is 5.13 Å². The van der Waals surface area contributed by atoms with Crippen molar-refractivity contribution >= 4 is 28.3 Å². The number of hydrogen-bond acceptors (Lipinski definition) is 7. The zero-order valence-electron chi connectivity index (χ0n) is 14.0. The largest absolute Gasteiger partial charge is 0.458 e. The normalized spacial score (nSPS) is 20.2. The molecule has 3 heterocycles. The van der Waals surface area contributed by atoms with Crippen molar-refractivity contribution in [3.8, 4) is 11.5 Å². The lowest BCUT2D eigenvalue weighted by Crippen LogP contribution is -2.53. The van der Waals surface area contributed by atoms with Gasteiger partial charge in [0, 0.05) is 18.8 Å². The third-order valence-electron chi connectivity index (χ3n) is 3.76. The van der Waals surface area contributed by atoms with Crippen LogP contribution in [0.15, 0.2) is 21.9 Å². The van der Waals surface area contributed by atoms with Crippen molar-refractivity contribution in [2.75, 3.05) is 18.5 Å². The SMILES string of the molecule is CC(=O)NCc1ccc(-c2csc(NC(=O)[C@H]3NCCO[C@@H]3C)n2)o1. The number of aromatic nitrogens is 1. The molecule has 9 heteroatoms. The highest BCUT2D eigenvalue weighted by atomic mass is 32.1. The summed E-state index contributed by atoms with van der Waals surface area (Å²) < 4.78 is 11.1. The molecular weight excluding hydrogens is 344 g/mol. The van der Waals surface area contributed by atoms with Gasteiger partial charge in [0.2, 0.25) is 11.8 Å². The van der Waals surface area contributed by atoms with E-state index in [2.05, 4.69) is 20.9 Å². The highest BCUT2D eigenvalue weighted by Gasteiger charge is 2.28. The molecule has 3 N–H and O–H groups in total. The summed E-state index contributed by atoms with van der Waals surface area (Å²) in [6.45, 7) is 4.89. The van der Waals surface area contributed by atoms with Crippen LogP contribution in [0.5, 0.6) is 0 Å². The van der Waals surface area contributed by atoms with Crippen LogP contribution in [0, 0.1) is 0 Å². The molecule has 0 bridgehead atoms. The van der Waals surface area contributed by atoms with Gasteiger partial charge >= 0.3 is 0 Å². The van der Waals surface area contributed by atoms with Crippen LogP contribution >= 0.6 is 11.3 Å². The first kappa shape index (κ1) is 17.6. The number of hydrogen-bond donors (Lipinski definition) is 3. The van der Waals surface area contributed by atoms with E-state index in [0.29, 0.717) is 42.0 Å². The molecule has 25 heavy (non-hydrogen) atoms. The summed E-state index contributed by atoms with van der Waals surface area (Å²) in [4.78, 5) is 27.6. The maximum atomic E-state index is 12.3. The first-order valence-electron chi connectivity index (χ1n) is 7.98. The quantitative estimate of drug-likeness (QED) is 0.740. The van der Waals surface area contributed by atoms with E-state index < -0.39 is 6.04 Å². The zero-order valence-corrected chi connectivity index (χ0v) is 14.8. The molecule has 1 aliphatic heterocycles. The van der Waals surface area contributed by atoms with Crippen molar-refractivity contribution in [3.63, 3.8) is 0 Å². The molecule has 2 aromatic rings. The number of anilines is 1. The molecule has 134 valence electrons. The lowest BCUT2D eigenvalue weighted by Gasteiger charge is -2.28. The molecule has 3 rings (SSSR count). The number of thiazole rings is 1. The zero-order chi connectivity index (χ0) is 17.8. The lowest BCUT2D eigenvalue weighted by atomic mass is 10.1. The number of rotatable bonds is 5. The fourth-order valence-corrected chi connectivity index (χ4v) is 3.18. The minimum Gasteiger partial charge on any atom is -0.458 e. The topological polar surface area (TPSA) is 105 Å². The molecule has 1 fully saturated rings. The highest BCUT2D eigenvalue weighted by molar-refractivity contribution is 7.14. The molecule has 0 unspecified atom stereocenters. The van der Waals surface area contributed by atoms with Crippen molar-refractivity contribution in [1.82, 2.24) is 15.6 Å². The number of amides is 2. The van der Waals surface area contributed by atoms with Gasteiger partial charge in [0.15, 0.2) is 10.9 Å². The minimum atomic E-state index is -0.394. The number of carbonyl (C=O) groups is 2. The van der Waals surface area contributed by atoms with E-state index in [0.717, 1.165) is 0 Å². The van der Waals surface area contributed by atoms with Gasteiger partial charge in [-0.25, -0.2) is 4.98 Å². The second-order valence-electron chi connectivity index (χ2n) is 5.71. The molecule has 0 spiro atoms. The van der Waals surface area contributed by atoms with E-state index in [-0.39, 0.29) is 17.9 Å². The average molecular weight is 364 g/mol. The smallest absolute Gasteiger partial charge is 0.245 e. The Hall–Kier alpha value is -2.23. The molecule has 0 aromatic carbocycles. The Morgan fingerprint density at radius 2 is 2.28 bits per heavy atom. The van der Waals surface area contributed by atoms with Crippen LogP contribution in [0.2, 0.25) is 0 Å². The van der Waals surface area contributed by atoms with Gasteiger partial charge in [-0.1, -0.05) is 0 Å². The van der Waals surface area contributed by atoms with Crippen molar-refractivity contribution < 1.29 is 18.7 Å². The second-order valence-corrected chi connectivity index (χ2v) is 6.57. The maximum absolute atomic E-state index is 12.3. The lowest BCUT2D eigenvalue weighted by molar-refractivity contribution is -0.123. The van der Waals surface area contributed by atoms with Crippen molar-refractivity contribution in [1.29, 1.82) is 0 Å². The van der Waals surface area contributed by atoms with Gasteiger partial charge in [-0.15, -0.1) is 11.3 Å². The van der Waals surface area contributed by atoms with Crippen LogP contribution in [0.3, 0.4) is 0 Å². The summed E-state index contributed by atoms with van der Waals surface area (Å²) in [7, 11) is 0. The Balaban J connectivity index is 1.62. The molecule has 8 nitrogen and oxygen atoms in total. The van der Waals surface area contributed by atoms with Gasteiger partial charge in [-0.2, -0.15) is 0 Å². The monoisotopic (exact) mass is 364 g/mol. The Morgan fingerprint density at radius 3 is 3.04 bits per heavy atom. The number of furan rings is 1. The molecular formula is C16H20N4O4S. The summed E-state index contributed by atoms with van der Waals surface area (Å²) in [5.74, 6) is 0.941. The summed E-state index contributed by atoms with van der Waals surface area (Å²) in [5.41, 5.74) is 0.635. The van der Waals surface area contributed by atoms with Gasteiger partial charge in [-0.3, -0.25) is 9.59 Å². The first-order valence-corrected chi connectivity index (χ1v) is 8.86. The Kier molecular flexibility index (Phi) is 5.47. The summed E-state index contributed by atoms with van der Waals surface area (Å²) in [6.07, 6.45) is -0.186. The van der Waals surface area contributed by atoms with Gasteiger partial charge < -0.3 is 25.1 Å². The van der Waals surface area contributed by atoms with E-state index in [4.69, 9.17) is 9.15 Å². The fraction of sp³-hybridized carbons (Fsp3) is 0.438. The van der Waals surface area contributed by atoms with Crippen molar-refractivity contribution in [2.24, 2.45) is 0 Å². The number of nitrogens with one attached hydrogen (secondary N) is 3. The molecule has 2 aromatic heterocycles. The minimum absolute atomic E-state index is 0.119. The molecule has 2 atom stereocenters. The van der Waals surface area contributed by atoms with Crippen LogP contribution in [-0.2, 0) is 20.9 Å². The van der Waals surface area contributed by atoms with E-state index >= 15 is 0 Å². The van der Waals surface area contributed by atoms with Gasteiger partial charge in [0.25, 0.3) is 0 Å². The first-order chi connectivity index (χ1) is 12.0. The predicted molar refractivity (Wildman–Crippen MR) is 93.2 cm³/mol. The standard InChI is InChI=1S/C16H20N4O4S/c1-9-14(17-5-6-23-9)15(22)20-16-19-12(8-25-16)13-4-3-11(24-13)7-18-10(2)21/h3-4,8-9,14,17H,5-7H2,1-2H3,(H,18,21)(H,19,20,22)/t9-,14+/m1/s1. The van der Waals surface area contributed by atoms with Crippen LogP contribution in [-0.4, -0.2) is 42.1 Å². The summed E-state index contributed by atoms with van der Waals surface area (Å²) in [5, 5.41) is 10.9. The Labute approximate surface area is 149 Å². The summed E-state index contributed by atoms with van der Waals surface area (Å²) >= 11 is 1.32. The van der Waals surface area contributed by atoms with Gasteiger partial charge in [-0.05, 0) is 19.1 Å². The fourth-order valence-electron chi connectivity index (χ4n) is 2.48. The molecule has 1 aliphatic rings. The Morgan fingerprint density at radius 1 is 1.44 bits per heavy atom. The number of morpholine rings is 1. The highest BCUT2D eigenvalue weighted by Crippen LogP contribution is 2.26. The second kappa shape index (κ2) is 7.77. The average Bonchev–Trinajstić information content (AvgIpc) is 3.22. The van der Waals surface area contributed by atoms with Crippen LogP contribution in [0.25, 0.3) is 11.5 Å². The summed E-state index contributed by atoms with van der Waals surface area (Å²) in [6, 6.07) is 3.18. The van der Waals surface area contributed by atoms with Gasteiger partial charge in [0.05, 0.1) is 19.3 Å². The third kappa shape index (κ3) is 4.44. The number of carbonyl (C=O) groups excluding carboxylic acids is 2. The van der Waals surface area contributed by atoms with E-state index in [1.54, 1.807) is 12.1 Å². The maximum Gasteiger partial charge on any atom is 0.245 e.